The summed E-state index contributed by atoms with van der Waals surface area (Å²) in [4.78, 5) is 0. The zero-order valence-corrected chi connectivity index (χ0v) is 29.5. The van der Waals surface area contributed by atoms with Gasteiger partial charge in [0.05, 0.1) is 67.4 Å². The quantitative estimate of drug-likeness (QED) is 0.184. The highest BCUT2D eigenvalue weighted by molar-refractivity contribution is 6.16. The van der Waals surface area contributed by atoms with Crippen LogP contribution in [0.5, 0.6) is 0 Å². The van der Waals surface area contributed by atoms with Crippen LogP contribution in [0.25, 0.3) is 93.6 Å². The molecule has 0 saturated carbocycles. The SMILES string of the molecule is N#Cc1cccc(-c2ccccc2-n2c3ccccc3c3cccc(-n4c5ccccc5c5ccccc54)c32)c1-n1c2ccccc2c2c(C#N)cccc21. The van der Waals surface area contributed by atoms with Crippen molar-refractivity contribution in [2.75, 3.05) is 0 Å². The predicted octanol–water partition coefficient (Wildman–Crippen LogP) is 12.4. The van der Waals surface area contributed by atoms with E-state index < -0.39 is 0 Å². The number of aromatic nitrogens is 3. The fourth-order valence-corrected chi connectivity index (χ4v) is 8.95. The standard InChI is InChI=1S/C50H29N5/c51-30-32-14-12-28-46-48(32)40-20-5-10-27-45(40)55(46)49-33(31-52)15-11-21-38(49)36-18-3-8-25-43(36)54-44-26-9-4-19-37(44)39-22-13-29-47(50(39)54)53-41-23-6-1-16-34(41)35-17-2-7-24-42(35)53/h1-29H. The molecule has 11 aromatic rings. The van der Waals surface area contributed by atoms with E-state index in [0.717, 1.165) is 82.8 Å². The van der Waals surface area contributed by atoms with E-state index in [4.69, 9.17) is 0 Å². The second-order valence-corrected chi connectivity index (χ2v) is 13.9. The highest BCUT2D eigenvalue weighted by atomic mass is 15.1. The number of nitriles is 2. The summed E-state index contributed by atoms with van der Waals surface area (Å²) in [6.45, 7) is 0. The average Bonchev–Trinajstić information content (AvgIpc) is 3.89. The highest BCUT2D eigenvalue weighted by Crippen LogP contribution is 2.44. The van der Waals surface area contributed by atoms with Gasteiger partial charge < -0.3 is 13.7 Å². The lowest BCUT2D eigenvalue weighted by molar-refractivity contribution is 1.13. The van der Waals surface area contributed by atoms with Crippen molar-refractivity contribution >= 4 is 65.4 Å². The Morgan fingerprint density at radius 3 is 1.47 bits per heavy atom. The van der Waals surface area contributed by atoms with Crippen molar-refractivity contribution in [3.63, 3.8) is 0 Å². The summed E-state index contributed by atoms with van der Waals surface area (Å²) in [6.07, 6.45) is 0. The van der Waals surface area contributed by atoms with E-state index in [-0.39, 0.29) is 0 Å². The molecule has 0 unspecified atom stereocenters. The number of para-hydroxylation sites is 7. The van der Waals surface area contributed by atoms with Crippen LogP contribution in [0.2, 0.25) is 0 Å². The molecule has 0 saturated heterocycles. The van der Waals surface area contributed by atoms with Gasteiger partial charge in [0.2, 0.25) is 0 Å². The van der Waals surface area contributed by atoms with Crippen LogP contribution < -0.4 is 0 Å². The van der Waals surface area contributed by atoms with E-state index in [0.29, 0.717) is 11.1 Å². The molecule has 0 spiro atoms. The lowest BCUT2D eigenvalue weighted by Gasteiger charge is -2.20. The van der Waals surface area contributed by atoms with Gasteiger partial charge in [-0.2, -0.15) is 10.5 Å². The third kappa shape index (κ3) is 4.27. The number of nitrogens with zero attached hydrogens (tertiary/aromatic N) is 5. The topological polar surface area (TPSA) is 62.4 Å². The van der Waals surface area contributed by atoms with E-state index in [1.165, 1.54) is 10.8 Å². The van der Waals surface area contributed by atoms with Crippen LogP contribution in [-0.2, 0) is 0 Å². The molecule has 0 aliphatic heterocycles. The molecule has 0 radical (unpaired) electrons. The first-order valence-electron chi connectivity index (χ1n) is 18.3. The monoisotopic (exact) mass is 699 g/mol. The van der Waals surface area contributed by atoms with Gasteiger partial charge in [0, 0.05) is 43.4 Å². The Labute approximate surface area is 316 Å². The van der Waals surface area contributed by atoms with Crippen molar-refractivity contribution in [3.8, 4) is 40.3 Å². The fraction of sp³-hybridized carbons (Fsp3) is 0. The molecule has 8 aromatic carbocycles. The Morgan fingerprint density at radius 2 is 0.782 bits per heavy atom. The molecular weight excluding hydrogens is 671 g/mol. The molecule has 0 aliphatic rings. The molecule has 0 N–H and O–H groups in total. The van der Waals surface area contributed by atoms with Crippen LogP contribution in [-0.4, -0.2) is 13.7 Å². The van der Waals surface area contributed by atoms with Gasteiger partial charge in [0.15, 0.2) is 0 Å². The molecule has 3 aromatic heterocycles. The molecule has 0 aliphatic carbocycles. The first-order chi connectivity index (χ1) is 27.3. The molecule has 55 heavy (non-hydrogen) atoms. The van der Waals surface area contributed by atoms with Crippen LogP contribution in [0, 0.1) is 22.7 Å². The van der Waals surface area contributed by atoms with Crippen LogP contribution in [0.3, 0.4) is 0 Å². The van der Waals surface area contributed by atoms with E-state index in [1.54, 1.807) is 0 Å². The van der Waals surface area contributed by atoms with Crippen LogP contribution in [0.1, 0.15) is 11.1 Å². The number of hydrogen-bond acceptors (Lipinski definition) is 2. The molecule has 3 heterocycles. The Balaban J connectivity index is 1.28. The minimum atomic E-state index is 0.547. The van der Waals surface area contributed by atoms with Crippen molar-refractivity contribution in [1.29, 1.82) is 10.5 Å². The van der Waals surface area contributed by atoms with E-state index in [1.807, 2.05) is 42.5 Å². The summed E-state index contributed by atoms with van der Waals surface area (Å²) in [6, 6.07) is 65.9. The molecule has 5 heteroatoms. The average molecular weight is 700 g/mol. The minimum Gasteiger partial charge on any atom is -0.307 e. The molecule has 11 rings (SSSR count). The number of fused-ring (bicyclic) bond motifs is 9. The number of benzene rings is 8. The third-order valence-electron chi connectivity index (χ3n) is 11.1. The molecule has 0 bridgehead atoms. The predicted molar refractivity (Wildman–Crippen MR) is 224 cm³/mol. The molecule has 0 atom stereocenters. The van der Waals surface area contributed by atoms with E-state index in [2.05, 4.69) is 159 Å². The first kappa shape index (κ1) is 30.7. The molecular formula is C50H29N5. The summed E-state index contributed by atoms with van der Waals surface area (Å²) < 4.78 is 6.98. The molecule has 0 fully saturated rings. The van der Waals surface area contributed by atoms with Crippen LogP contribution in [0.4, 0.5) is 0 Å². The normalized spacial score (nSPS) is 11.6. The van der Waals surface area contributed by atoms with Gasteiger partial charge in [-0.15, -0.1) is 0 Å². The van der Waals surface area contributed by atoms with E-state index in [9.17, 15) is 10.5 Å². The molecule has 0 amide bonds. The Kier molecular flexibility index (Phi) is 6.61. The molecule has 254 valence electrons. The fourth-order valence-electron chi connectivity index (χ4n) is 8.95. The van der Waals surface area contributed by atoms with Crippen molar-refractivity contribution < 1.29 is 0 Å². The zero-order valence-electron chi connectivity index (χ0n) is 29.5. The maximum atomic E-state index is 10.8. The summed E-state index contributed by atoms with van der Waals surface area (Å²) in [5, 5.41) is 27.6. The lowest BCUT2D eigenvalue weighted by atomic mass is 9.98. The zero-order chi connectivity index (χ0) is 36.6. The summed E-state index contributed by atoms with van der Waals surface area (Å²) in [7, 11) is 0. The van der Waals surface area contributed by atoms with Gasteiger partial charge in [-0.3, -0.25) is 0 Å². The maximum absolute atomic E-state index is 10.8. The summed E-state index contributed by atoms with van der Waals surface area (Å²) >= 11 is 0. The third-order valence-corrected chi connectivity index (χ3v) is 11.1. The Bertz CT molecular complexity index is 3420. The maximum Gasteiger partial charge on any atom is 0.101 e. The van der Waals surface area contributed by atoms with Gasteiger partial charge in [0.1, 0.15) is 6.07 Å². The van der Waals surface area contributed by atoms with Crippen molar-refractivity contribution in [2.45, 2.75) is 0 Å². The van der Waals surface area contributed by atoms with Gasteiger partial charge in [0.25, 0.3) is 0 Å². The molecule has 5 nitrogen and oxygen atoms in total. The van der Waals surface area contributed by atoms with E-state index >= 15 is 0 Å². The van der Waals surface area contributed by atoms with Crippen molar-refractivity contribution in [3.05, 3.63) is 187 Å². The lowest BCUT2D eigenvalue weighted by Crippen LogP contribution is -2.05. The summed E-state index contributed by atoms with van der Waals surface area (Å²) in [5.41, 5.74) is 12.2. The number of hydrogen-bond donors (Lipinski definition) is 0. The van der Waals surface area contributed by atoms with Gasteiger partial charge >= 0.3 is 0 Å². The second kappa shape index (κ2) is 11.8. The van der Waals surface area contributed by atoms with Crippen molar-refractivity contribution in [2.24, 2.45) is 0 Å². The minimum absolute atomic E-state index is 0.547. The Morgan fingerprint density at radius 1 is 0.327 bits per heavy atom. The van der Waals surface area contributed by atoms with Gasteiger partial charge in [-0.1, -0.05) is 121 Å². The smallest absolute Gasteiger partial charge is 0.101 e. The van der Waals surface area contributed by atoms with Crippen LogP contribution >= 0.6 is 0 Å². The van der Waals surface area contributed by atoms with Crippen LogP contribution in [0.15, 0.2) is 176 Å². The van der Waals surface area contributed by atoms with Crippen molar-refractivity contribution in [1.82, 2.24) is 13.7 Å². The highest BCUT2D eigenvalue weighted by Gasteiger charge is 2.24. The second-order valence-electron chi connectivity index (χ2n) is 13.9. The van der Waals surface area contributed by atoms with Gasteiger partial charge in [-0.25, -0.2) is 0 Å². The first-order valence-corrected chi connectivity index (χ1v) is 18.3. The van der Waals surface area contributed by atoms with Gasteiger partial charge in [-0.05, 0) is 54.6 Å². The Hall–Kier alpha value is -7.86. The number of rotatable bonds is 4. The largest absolute Gasteiger partial charge is 0.307 e. The summed E-state index contributed by atoms with van der Waals surface area (Å²) in [5.74, 6) is 0.